The molecule has 76 valence electrons. The number of hydrogen-bond acceptors (Lipinski definition) is 3. The van der Waals surface area contributed by atoms with Crippen molar-refractivity contribution in [2.24, 2.45) is 0 Å². The number of rotatable bonds is 2. The maximum absolute atomic E-state index is 4.45. The van der Waals surface area contributed by atoms with Gasteiger partial charge in [0, 0.05) is 44.1 Å². The molecule has 1 aromatic rings. The topological polar surface area (TPSA) is 33.1 Å². The van der Waals surface area contributed by atoms with E-state index in [2.05, 4.69) is 32.9 Å². The van der Waals surface area contributed by atoms with E-state index in [9.17, 15) is 0 Å². The highest BCUT2D eigenvalue weighted by molar-refractivity contribution is 5.38. The van der Waals surface area contributed by atoms with Crippen LogP contribution in [0, 0.1) is 0 Å². The quantitative estimate of drug-likeness (QED) is 0.738. The molecule has 2 fully saturated rings. The number of aromatic nitrogens is 2. The molecule has 0 saturated carbocycles. The molecular weight excluding hydrogens is 176 g/mol. The van der Waals surface area contributed by atoms with E-state index in [4.69, 9.17) is 0 Å². The maximum Gasteiger partial charge on any atom is 0.205 e. The van der Waals surface area contributed by atoms with Crippen molar-refractivity contribution in [2.75, 3.05) is 18.0 Å². The maximum atomic E-state index is 4.45. The fourth-order valence-corrected chi connectivity index (χ4v) is 2.61. The van der Waals surface area contributed by atoms with Crippen LogP contribution >= 0.6 is 0 Å². The number of fused-ring (bicyclic) bond motifs is 2. The van der Waals surface area contributed by atoms with Crippen LogP contribution in [0.1, 0.15) is 13.3 Å². The number of piperazine rings is 1. The van der Waals surface area contributed by atoms with Gasteiger partial charge in [-0.1, -0.05) is 0 Å². The second kappa shape index (κ2) is 2.98. The van der Waals surface area contributed by atoms with Gasteiger partial charge in [0.05, 0.1) is 0 Å². The van der Waals surface area contributed by atoms with E-state index in [0.717, 1.165) is 25.6 Å². The Morgan fingerprint density at radius 3 is 3.21 bits per heavy atom. The SMILES string of the molecule is CCn1ccnc1N1CC2CC1CN2. The molecule has 4 nitrogen and oxygen atoms in total. The Hall–Kier alpha value is -1.03. The summed E-state index contributed by atoms with van der Waals surface area (Å²) in [6.07, 6.45) is 5.25. The summed E-state index contributed by atoms with van der Waals surface area (Å²) in [7, 11) is 0. The zero-order chi connectivity index (χ0) is 9.54. The van der Waals surface area contributed by atoms with Crippen molar-refractivity contribution >= 4 is 5.95 Å². The number of hydrogen-bond donors (Lipinski definition) is 1. The third-order valence-corrected chi connectivity index (χ3v) is 3.35. The van der Waals surface area contributed by atoms with E-state index in [1.807, 2.05) is 6.20 Å². The second-order valence-corrected chi connectivity index (χ2v) is 4.16. The minimum absolute atomic E-state index is 0.674. The van der Waals surface area contributed by atoms with Gasteiger partial charge in [-0.05, 0) is 13.3 Å². The Bertz CT molecular complexity index is 333. The van der Waals surface area contributed by atoms with Crippen molar-refractivity contribution in [3.05, 3.63) is 12.4 Å². The molecule has 2 bridgehead atoms. The fourth-order valence-electron chi connectivity index (χ4n) is 2.61. The predicted octanol–water partition coefficient (Wildman–Crippen LogP) is 0.453. The van der Waals surface area contributed by atoms with E-state index >= 15 is 0 Å². The summed E-state index contributed by atoms with van der Waals surface area (Å²) in [5.41, 5.74) is 0. The van der Waals surface area contributed by atoms with Gasteiger partial charge in [-0.25, -0.2) is 4.98 Å². The Kier molecular flexibility index (Phi) is 1.77. The number of anilines is 1. The number of nitrogens with zero attached hydrogens (tertiary/aromatic N) is 3. The molecule has 2 atom stereocenters. The summed E-state index contributed by atoms with van der Waals surface area (Å²) in [6.45, 7) is 5.43. The Morgan fingerprint density at radius 2 is 2.57 bits per heavy atom. The molecule has 0 aromatic carbocycles. The van der Waals surface area contributed by atoms with Crippen LogP contribution in [0.15, 0.2) is 12.4 Å². The van der Waals surface area contributed by atoms with E-state index in [0.29, 0.717) is 12.1 Å². The van der Waals surface area contributed by atoms with Crippen molar-refractivity contribution in [2.45, 2.75) is 32.0 Å². The van der Waals surface area contributed by atoms with Gasteiger partial charge in [0.25, 0.3) is 0 Å². The lowest BCUT2D eigenvalue weighted by molar-refractivity contribution is 0.561. The van der Waals surface area contributed by atoms with Crippen LogP contribution in [0.2, 0.25) is 0 Å². The zero-order valence-corrected chi connectivity index (χ0v) is 8.48. The molecule has 2 aliphatic rings. The Labute approximate surface area is 83.9 Å². The molecule has 1 N–H and O–H groups in total. The molecule has 2 saturated heterocycles. The largest absolute Gasteiger partial charge is 0.336 e. The normalized spacial score (nSPS) is 30.2. The zero-order valence-electron chi connectivity index (χ0n) is 8.48. The minimum atomic E-state index is 0.674. The van der Waals surface area contributed by atoms with E-state index in [1.165, 1.54) is 6.42 Å². The molecule has 4 heteroatoms. The molecule has 0 amide bonds. The van der Waals surface area contributed by atoms with E-state index < -0.39 is 0 Å². The molecule has 2 aliphatic heterocycles. The molecular formula is C10H16N4. The van der Waals surface area contributed by atoms with Crippen molar-refractivity contribution in [3.8, 4) is 0 Å². The first-order valence-electron chi connectivity index (χ1n) is 5.39. The first kappa shape index (κ1) is 8.29. The monoisotopic (exact) mass is 192 g/mol. The summed E-state index contributed by atoms with van der Waals surface area (Å²) >= 11 is 0. The van der Waals surface area contributed by atoms with Gasteiger partial charge < -0.3 is 14.8 Å². The molecule has 0 aliphatic carbocycles. The number of nitrogens with one attached hydrogen (secondary N) is 1. The summed E-state index contributed by atoms with van der Waals surface area (Å²) in [4.78, 5) is 6.90. The Morgan fingerprint density at radius 1 is 1.64 bits per heavy atom. The highest BCUT2D eigenvalue weighted by Crippen LogP contribution is 2.27. The van der Waals surface area contributed by atoms with Crippen molar-refractivity contribution in [1.82, 2.24) is 14.9 Å². The third-order valence-electron chi connectivity index (χ3n) is 3.35. The fraction of sp³-hybridized carbons (Fsp3) is 0.700. The van der Waals surface area contributed by atoms with Gasteiger partial charge in [-0.3, -0.25) is 0 Å². The average Bonchev–Trinajstić information content (AvgIpc) is 2.92. The standard InChI is InChI=1S/C10H16N4/c1-2-13-4-3-11-10(13)14-7-8-5-9(14)6-12-8/h3-4,8-9,12H,2,5-7H2,1H3. The summed E-state index contributed by atoms with van der Waals surface area (Å²) < 4.78 is 2.22. The molecule has 14 heavy (non-hydrogen) atoms. The van der Waals surface area contributed by atoms with Crippen LogP contribution in [0.4, 0.5) is 5.95 Å². The van der Waals surface area contributed by atoms with Crippen LogP contribution in [0.25, 0.3) is 0 Å². The third kappa shape index (κ3) is 1.07. The average molecular weight is 192 g/mol. The van der Waals surface area contributed by atoms with E-state index in [-0.39, 0.29) is 0 Å². The molecule has 3 rings (SSSR count). The van der Waals surface area contributed by atoms with Crippen LogP contribution in [0.3, 0.4) is 0 Å². The lowest BCUT2D eigenvalue weighted by Crippen LogP contribution is -2.44. The van der Waals surface area contributed by atoms with E-state index in [1.54, 1.807) is 0 Å². The lowest BCUT2D eigenvalue weighted by Gasteiger charge is -2.28. The van der Waals surface area contributed by atoms with Gasteiger partial charge in [0.2, 0.25) is 5.95 Å². The predicted molar refractivity (Wildman–Crippen MR) is 55.4 cm³/mol. The molecule has 0 radical (unpaired) electrons. The second-order valence-electron chi connectivity index (χ2n) is 4.16. The van der Waals surface area contributed by atoms with Crippen LogP contribution < -0.4 is 10.2 Å². The van der Waals surface area contributed by atoms with Crippen molar-refractivity contribution in [1.29, 1.82) is 0 Å². The smallest absolute Gasteiger partial charge is 0.205 e. The highest BCUT2D eigenvalue weighted by Gasteiger charge is 2.39. The number of imidazole rings is 1. The first-order valence-corrected chi connectivity index (χ1v) is 5.39. The van der Waals surface area contributed by atoms with Gasteiger partial charge >= 0.3 is 0 Å². The summed E-state index contributed by atoms with van der Waals surface area (Å²) in [5.74, 6) is 1.15. The van der Waals surface area contributed by atoms with Crippen LogP contribution in [-0.4, -0.2) is 34.7 Å². The van der Waals surface area contributed by atoms with Gasteiger partial charge in [-0.2, -0.15) is 0 Å². The van der Waals surface area contributed by atoms with Crippen LogP contribution in [0.5, 0.6) is 0 Å². The van der Waals surface area contributed by atoms with Gasteiger partial charge in [0.15, 0.2) is 0 Å². The highest BCUT2D eigenvalue weighted by atomic mass is 15.4. The molecule has 0 spiro atoms. The number of aryl methyl sites for hydroxylation is 1. The molecule has 1 aromatic heterocycles. The Balaban J connectivity index is 1.89. The first-order chi connectivity index (χ1) is 6.88. The van der Waals surface area contributed by atoms with Crippen molar-refractivity contribution in [3.63, 3.8) is 0 Å². The van der Waals surface area contributed by atoms with Gasteiger partial charge in [0.1, 0.15) is 0 Å². The van der Waals surface area contributed by atoms with Crippen molar-refractivity contribution < 1.29 is 0 Å². The molecule has 2 unspecified atom stereocenters. The lowest BCUT2D eigenvalue weighted by atomic mass is 10.2. The summed E-state index contributed by atoms with van der Waals surface area (Å²) in [5, 5.41) is 3.51. The van der Waals surface area contributed by atoms with Crippen LogP contribution in [-0.2, 0) is 6.54 Å². The minimum Gasteiger partial charge on any atom is -0.336 e. The van der Waals surface area contributed by atoms with Gasteiger partial charge in [-0.15, -0.1) is 0 Å². The summed E-state index contributed by atoms with van der Waals surface area (Å²) in [6, 6.07) is 1.37. The molecule has 3 heterocycles.